The van der Waals surface area contributed by atoms with Crippen LogP contribution in [0.1, 0.15) is 18.8 Å². The predicted octanol–water partition coefficient (Wildman–Crippen LogP) is 1.64. The zero-order valence-electron chi connectivity index (χ0n) is 9.76. The van der Waals surface area contributed by atoms with Gasteiger partial charge in [-0.1, -0.05) is 11.6 Å². The second-order valence-corrected chi connectivity index (χ2v) is 5.91. The molecule has 0 amide bonds. The van der Waals surface area contributed by atoms with Gasteiger partial charge in [-0.25, -0.2) is 22.5 Å². The Balaban J connectivity index is 2.25. The van der Waals surface area contributed by atoms with Crippen molar-refractivity contribution in [3.8, 4) is 0 Å². The molecule has 9 heteroatoms. The van der Waals surface area contributed by atoms with Gasteiger partial charge < -0.3 is 0 Å². The lowest BCUT2D eigenvalue weighted by Crippen LogP contribution is -2.27. The average molecular weight is 305 g/mol. The van der Waals surface area contributed by atoms with Crippen LogP contribution in [0.5, 0.6) is 0 Å². The number of nitrogens with one attached hydrogen (secondary N) is 2. The van der Waals surface area contributed by atoms with Gasteiger partial charge in [-0.2, -0.15) is 5.10 Å². The number of hydrogen-bond acceptors (Lipinski definition) is 4. The van der Waals surface area contributed by atoms with Gasteiger partial charge in [0.2, 0.25) is 10.0 Å². The SMILES string of the molecule is CC(NS(=O)(=O)c1ccc(F)c(Cl)c1)c1ncn[nH]1. The summed E-state index contributed by atoms with van der Waals surface area (Å²) in [6.45, 7) is 1.60. The molecule has 102 valence electrons. The monoisotopic (exact) mass is 304 g/mol. The molecule has 2 rings (SSSR count). The van der Waals surface area contributed by atoms with E-state index in [0.29, 0.717) is 5.82 Å². The summed E-state index contributed by atoms with van der Waals surface area (Å²) < 4.78 is 39.5. The van der Waals surface area contributed by atoms with Crippen molar-refractivity contribution in [2.24, 2.45) is 0 Å². The van der Waals surface area contributed by atoms with E-state index in [2.05, 4.69) is 19.9 Å². The molecule has 0 fully saturated rings. The first-order valence-electron chi connectivity index (χ1n) is 5.23. The van der Waals surface area contributed by atoms with E-state index < -0.39 is 21.9 Å². The molecule has 1 aromatic carbocycles. The third kappa shape index (κ3) is 3.09. The normalized spacial score (nSPS) is 13.4. The minimum atomic E-state index is -3.81. The van der Waals surface area contributed by atoms with Gasteiger partial charge in [-0.15, -0.1) is 0 Å². The highest BCUT2D eigenvalue weighted by Gasteiger charge is 2.20. The molecule has 1 heterocycles. The second kappa shape index (κ2) is 5.24. The van der Waals surface area contributed by atoms with Crippen molar-refractivity contribution in [1.29, 1.82) is 0 Å². The highest BCUT2D eigenvalue weighted by atomic mass is 35.5. The smallest absolute Gasteiger partial charge is 0.241 e. The quantitative estimate of drug-likeness (QED) is 0.899. The van der Waals surface area contributed by atoms with Gasteiger partial charge in [-0.3, -0.25) is 5.10 Å². The minimum Gasteiger partial charge on any atom is -0.262 e. The fraction of sp³-hybridized carbons (Fsp3) is 0.200. The molecule has 0 saturated heterocycles. The number of benzene rings is 1. The maximum Gasteiger partial charge on any atom is 0.241 e. The maximum atomic E-state index is 13.0. The van der Waals surface area contributed by atoms with Gasteiger partial charge in [0.15, 0.2) is 0 Å². The van der Waals surface area contributed by atoms with Crippen LogP contribution < -0.4 is 4.72 Å². The molecule has 0 aliphatic rings. The lowest BCUT2D eigenvalue weighted by molar-refractivity contribution is 0.559. The van der Waals surface area contributed by atoms with Crippen molar-refractivity contribution in [1.82, 2.24) is 19.9 Å². The molecule has 2 N–H and O–H groups in total. The van der Waals surface area contributed by atoms with Gasteiger partial charge in [0.25, 0.3) is 0 Å². The molecule has 6 nitrogen and oxygen atoms in total. The van der Waals surface area contributed by atoms with Crippen molar-refractivity contribution < 1.29 is 12.8 Å². The van der Waals surface area contributed by atoms with Gasteiger partial charge in [0.1, 0.15) is 18.0 Å². The highest BCUT2D eigenvalue weighted by molar-refractivity contribution is 7.89. The fourth-order valence-corrected chi connectivity index (χ4v) is 2.90. The van der Waals surface area contributed by atoms with E-state index in [1.807, 2.05) is 0 Å². The highest BCUT2D eigenvalue weighted by Crippen LogP contribution is 2.20. The van der Waals surface area contributed by atoms with Crippen LogP contribution in [0.3, 0.4) is 0 Å². The summed E-state index contributed by atoms with van der Waals surface area (Å²) in [5.41, 5.74) is 0. The summed E-state index contributed by atoms with van der Waals surface area (Å²) in [7, 11) is -3.81. The Morgan fingerprint density at radius 1 is 1.47 bits per heavy atom. The Bertz CT molecular complexity index is 675. The molecule has 0 saturated carbocycles. The van der Waals surface area contributed by atoms with Crippen molar-refractivity contribution in [2.45, 2.75) is 17.9 Å². The molecule has 1 atom stereocenters. The Morgan fingerprint density at radius 3 is 2.79 bits per heavy atom. The number of hydrogen-bond donors (Lipinski definition) is 2. The van der Waals surface area contributed by atoms with Crippen LogP contribution in [-0.2, 0) is 10.0 Å². The standard InChI is InChI=1S/C10H10ClFN4O2S/c1-6(10-13-5-14-15-10)16-19(17,18)7-2-3-9(12)8(11)4-7/h2-6,16H,1H3,(H,13,14,15). The number of aromatic nitrogens is 3. The lowest BCUT2D eigenvalue weighted by Gasteiger charge is -2.12. The first-order valence-corrected chi connectivity index (χ1v) is 7.09. The van der Waals surface area contributed by atoms with E-state index in [0.717, 1.165) is 18.2 Å². The molecule has 0 spiro atoms. The van der Waals surface area contributed by atoms with Crippen LogP contribution in [0.15, 0.2) is 29.4 Å². The molecule has 0 radical (unpaired) electrons. The topological polar surface area (TPSA) is 87.7 Å². The predicted molar refractivity (Wildman–Crippen MR) is 66.5 cm³/mol. The van der Waals surface area contributed by atoms with Crippen LogP contribution in [0.4, 0.5) is 4.39 Å². The van der Waals surface area contributed by atoms with Crippen LogP contribution >= 0.6 is 11.6 Å². The van der Waals surface area contributed by atoms with Crippen LogP contribution in [-0.4, -0.2) is 23.6 Å². The Hall–Kier alpha value is -1.51. The zero-order chi connectivity index (χ0) is 14.0. The van der Waals surface area contributed by atoms with Crippen LogP contribution in [0.2, 0.25) is 5.02 Å². The second-order valence-electron chi connectivity index (χ2n) is 3.79. The average Bonchev–Trinajstić information content (AvgIpc) is 2.85. The van der Waals surface area contributed by atoms with E-state index in [1.165, 1.54) is 6.33 Å². The zero-order valence-corrected chi connectivity index (χ0v) is 11.3. The van der Waals surface area contributed by atoms with Crippen molar-refractivity contribution in [2.75, 3.05) is 0 Å². The summed E-state index contributed by atoms with van der Waals surface area (Å²) in [5.74, 6) is -0.305. The van der Waals surface area contributed by atoms with Gasteiger partial charge in [-0.05, 0) is 25.1 Å². The Labute approximate surface area is 114 Å². The van der Waals surface area contributed by atoms with E-state index in [1.54, 1.807) is 6.92 Å². The third-order valence-electron chi connectivity index (χ3n) is 2.38. The van der Waals surface area contributed by atoms with E-state index in [-0.39, 0.29) is 9.92 Å². The molecule has 0 bridgehead atoms. The van der Waals surface area contributed by atoms with Crippen molar-refractivity contribution in [3.05, 3.63) is 41.2 Å². The molecule has 1 unspecified atom stereocenters. The van der Waals surface area contributed by atoms with E-state index in [4.69, 9.17) is 11.6 Å². The van der Waals surface area contributed by atoms with Gasteiger partial charge >= 0.3 is 0 Å². The first kappa shape index (κ1) is 13.9. The van der Waals surface area contributed by atoms with Crippen molar-refractivity contribution >= 4 is 21.6 Å². The molecular formula is C10H10ClFN4O2S. The number of H-pyrrole nitrogens is 1. The van der Waals surface area contributed by atoms with Crippen LogP contribution in [0.25, 0.3) is 0 Å². The molecule has 0 aliphatic heterocycles. The number of halogens is 2. The summed E-state index contributed by atoms with van der Waals surface area (Å²) in [6, 6.07) is 2.58. The van der Waals surface area contributed by atoms with E-state index >= 15 is 0 Å². The lowest BCUT2D eigenvalue weighted by atomic mass is 10.3. The van der Waals surface area contributed by atoms with Crippen molar-refractivity contribution in [3.63, 3.8) is 0 Å². The summed E-state index contributed by atoms with van der Waals surface area (Å²) >= 11 is 5.56. The molecule has 0 aliphatic carbocycles. The van der Waals surface area contributed by atoms with Gasteiger partial charge in [0, 0.05) is 0 Å². The molecule has 19 heavy (non-hydrogen) atoms. The number of aromatic amines is 1. The third-order valence-corrected chi connectivity index (χ3v) is 4.21. The summed E-state index contributed by atoms with van der Waals surface area (Å²) in [5, 5.41) is 5.93. The number of rotatable bonds is 4. The summed E-state index contributed by atoms with van der Waals surface area (Å²) in [4.78, 5) is 3.73. The van der Waals surface area contributed by atoms with Gasteiger partial charge in [0.05, 0.1) is 16.0 Å². The van der Waals surface area contributed by atoms with Crippen LogP contribution in [0, 0.1) is 5.82 Å². The fourth-order valence-electron chi connectivity index (χ4n) is 1.42. The minimum absolute atomic E-state index is 0.120. The Kier molecular flexibility index (Phi) is 3.83. The largest absolute Gasteiger partial charge is 0.262 e. The van der Waals surface area contributed by atoms with E-state index in [9.17, 15) is 12.8 Å². The number of nitrogens with zero attached hydrogens (tertiary/aromatic N) is 2. The molecule has 2 aromatic rings. The molecule has 1 aromatic heterocycles. The first-order chi connectivity index (χ1) is 8.90. The summed E-state index contributed by atoms with van der Waals surface area (Å²) in [6.07, 6.45) is 1.27. The Morgan fingerprint density at radius 2 is 2.21 bits per heavy atom. The maximum absolute atomic E-state index is 13.0. The molecular weight excluding hydrogens is 295 g/mol. The number of sulfonamides is 1.